The van der Waals surface area contributed by atoms with E-state index in [9.17, 15) is 14.9 Å². The van der Waals surface area contributed by atoms with E-state index < -0.39 is 10.7 Å². The minimum absolute atomic E-state index is 0.0561. The fraction of sp³-hybridized carbons (Fsp3) is 0.364. The lowest BCUT2D eigenvalue weighted by Crippen LogP contribution is -2.28. The summed E-state index contributed by atoms with van der Waals surface area (Å²) in [6, 6.07) is 1.78. The minimum atomic E-state index is -0.681. The summed E-state index contributed by atoms with van der Waals surface area (Å²) in [7, 11) is 1.77. The van der Waals surface area contributed by atoms with Gasteiger partial charge in [-0.05, 0) is 17.9 Å². The van der Waals surface area contributed by atoms with E-state index in [1.165, 1.54) is 4.68 Å². The molecular weight excluding hydrogens is 300 g/mol. The number of carbonyl (C=O) groups is 1. The van der Waals surface area contributed by atoms with E-state index in [1.54, 1.807) is 30.9 Å². The van der Waals surface area contributed by atoms with Gasteiger partial charge in [-0.25, -0.2) is 0 Å². The predicted octanol–water partition coefficient (Wildman–Crippen LogP) is 0.803. The number of aryl methyl sites for hydroxylation is 1. The van der Waals surface area contributed by atoms with Crippen LogP contribution in [0, 0.1) is 17.0 Å². The third kappa shape index (κ3) is 3.19. The maximum atomic E-state index is 11.8. The molecule has 9 nitrogen and oxygen atoms in total. The van der Waals surface area contributed by atoms with Gasteiger partial charge >= 0.3 is 5.82 Å². The molecule has 2 aromatic heterocycles. The molecule has 0 atom stereocenters. The van der Waals surface area contributed by atoms with Gasteiger partial charge < -0.3 is 15.4 Å². The lowest BCUT2D eigenvalue weighted by molar-refractivity contribution is -0.389. The van der Waals surface area contributed by atoms with Crippen molar-refractivity contribution in [2.45, 2.75) is 20.0 Å². The molecule has 112 valence electrons. The van der Waals surface area contributed by atoms with Crippen LogP contribution >= 0.6 is 11.6 Å². The Morgan fingerprint density at radius 3 is 2.81 bits per heavy atom. The van der Waals surface area contributed by atoms with Gasteiger partial charge in [0.2, 0.25) is 5.91 Å². The summed E-state index contributed by atoms with van der Waals surface area (Å²) in [6.45, 7) is 1.74. The van der Waals surface area contributed by atoms with Crippen molar-refractivity contribution in [3.63, 3.8) is 0 Å². The molecule has 1 N–H and O–H groups in total. The van der Waals surface area contributed by atoms with Crippen molar-refractivity contribution in [3.8, 4) is 0 Å². The highest BCUT2D eigenvalue weighted by molar-refractivity contribution is 6.33. The summed E-state index contributed by atoms with van der Waals surface area (Å²) in [5.41, 5.74) is 1.21. The first-order chi connectivity index (χ1) is 9.90. The minimum Gasteiger partial charge on any atom is -0.358 e. The van der Waals surface area contributed by atoms with Crippen molar-refractivity contribution in [1.82, 2.24) is 24.9 Å². The standard InChI is InChI=1S/C11H13ClN6O3/c1-7-10(12)11(18(20)21)15-17(7)6-9(19)13-5-8-3-4-14-16(8)2/h3-4H,5-6H2,1-2H3,(H,13,19). The molecule has 10 heteroatoms. The number of nitro groups is 1. The third-order valence-corrected chi connectivity index (χ3v) is 3.41. The van der Waals surface area contributed by atoms with Gasteiger partial charge in [-0.15, -0.1) is 0 Å². The average molecular weight is 313 g/mol. The zero-order valence-corrected chi connectivity index (χ0v) is 12.2. The molecule has 21 heavy (non-hydrogen) atoms. The van der Waals surface area contributed by atoms with Crippen molar-refractivity contribution in [2.75, 3.05) is 0 Å². The largest absolute Gasteiger partial charge is 0.408 e. The van der Waals surface area contributed by atoms with Gasteiger partial charge in [-0.1, -0.05) is 11.6 Å². The summed E-state index contributed by atoms with van der Waals surface area (Å²) in [4.78, 5) is 21.9. The molecule has 1 amide bonds. The number of nitrogens with zero attached hydrogens (tertiary/aromatic N) is 5. The first-order valence-electron chi connectivity index (χ1n) is 6.01. The van der Waals surface area contributed by atoms with E-state index in [4.69, 9.17) is 11.6 Å². The van der Waals surface area contributed by atoms with Gasteiger partial charge in [0.25, 0.3) is 0 Å². The van der Waals surface area contributed by atoms with Crippen LogP contribution in [-0.2, 0) is 24.9 Å². The van der Waals surface area contributed by atoms with E-state index in [2.05, 4.69) is 15.5 Å². The Balaban J connectivity index is 2.01. The van der Waals surface area contributed by atoms with Crippen LogP contribution in [0.25, 0.3) is 0 Å². The van der Waals surface area contributed by atoms with Gasteiger partial charge in [0.1, 0.15) is 6.54 Å². The molecule has 2 heterocycles. The molecular formula is C11H13ClN6O3. The number of aromatic nitrogens is 4. The van der Waals surface area contributed by atoms with Crippen LogP contribution in [0.5, 0.6) is 0 Å². The van der Waals surface area contributed by atoms with Crippen LogP contribution in [0.2, 0.25) is 5.02 Å². The predicted molar refractivity (Wildman–Crippen MR) is 73.7 cm³/mol. The Hall–Kier alpha value is -2.42. The van der Waals surface area contributed by atoms with Crippen molar-refractivity contribution < 1.29 is 9.72 Å². The highest BCUT2D eigenvalue weighted by atomic mass is 35.5. The molecule has 0 aliphatic carbocycles. The molecule has 0 aliphatic rings. The molecule has 0 aliphatic heterocycles. The normalized spacial score (nSPS) is 10.6. The number of hydrogen-bond acceptors (Lipinski definition) is 5. The number of rotatable bonds is 5. The van der Waals surface area contributed by atoms with Crippen molar-refractivity contribution in [1.29, 1.82) is 0 Å². The molecule has 0 aromatic carbocycles. The second-order valence-corrected chi connectivity index (χ2v) is 4.74. The Morgan fingerprint density at radius 2 is 2.29 bits per heavy atom. The summed E-state index contributed by atoms with van der Waals surface area (Å²) < 4.78 is 2.85. The topological polar surface area (TPSA) is 108 Å². The second-order valence-electron chi connectivity index (χ2n) is 4.36. The van der Waals surface area contributed by atoms with Crippen LogP contribution in [-0.4, -0.2) is 30.4 Å². The molecule has 0 unspecified atom stereocenters. The molecule has 2 rings (SSSR count). The quantitative estimate of drug-likeness (QED) is 0.649. The maximum Gasteiger partial charge on any atom is 0.408 e. The van der Waals surface area contributed by atoms with E-state index in [0.29, 0.717) is 12.2 Å². The summed E-state index contributed by atoms with van der Waals surface area (Å²) in [5.74, 6) is -0.776. The highest BCUT2D eigenvalue weighted by Gasteiger charge is 2.24. The molecule has 0 spiro atoms. The van der Waals surface area contributed by atoms with Crippen molar-refractivity contribution in [2.24, 2.45) is 7.05 Å². The average Bonchev–Trinajstić information content (AvgIpc) is 2.95. The number of hydrogen-bond donors (Lipinski definition) is 1. The Bertz CT molecular complexity index is 692. The van der Waals surface area contributed by atoms with Crippen molar-refractivity contribution >= 4 is 23.3 Å². The van der Waals surface area contributed by atoms with E-state index in [1.807, 2.05) is 0 Å². The second kappa shape index (κ2) is 5.92. The van der Waals surface area contributed by atoms with Crippen LogP contribution in [0.3, 0.4) is 0 Å². The summed E-state index contributed by atoms with van der Waals surface area (Å²) >= 11 is 5.80. The fourth-order valence-corrected chi connectivity index (χ4v) is 1.94. The van der Waals surface area contributed by atoms with Crippen LogP contribution in [0.1, 0.15) is 11.4 Å². The van der Waals surface area contributed by atoms with Crippen molar-refractivity contribution in [3.05, 3.63) is 38.8 Å². The lowest BCUT2D eigenvalue weighted by Gasteiger charge is -2.05. The first-order valence-corrected chi connectivity index (χ1v) is 6.38. The molecule has 0 radical (unpaired) electrons. The Labute approximate surface area is 124 Å². The lowest BCUT2D eigenvalue weighted by atomic mass is 10.4. The SMILES string of the molecule is Cc1c(Cl)c([N+](=O)[O-])nn1CC(=O)NCc1ccnn1C. The van der Waals surface area contributed by atoms with Crippen LogP contribution in [0.4, 0.5) is 5.82 Å². The van der Waals surface area contributed by atoms with Gasteiger partial charge in [0, 0.05) is 13.2 Å². The van der Waals surface area contributed by atoms with Gasteiger partial charge in [0.05, 0.1) is 23.0 Å². The molecule has 0 saturated heterocycles. The van der Waals surface area contributed by atoms with Gasteiger partial charge in [-0.3, -0.25) is 9.48 Å². The summed E-state index contributed by atoms with van der Waals surface area (Å²) in [6.07, 6.45) is 1.63. The van der Waals surface area contributed by atoms with E-state index in [-0.39, 0.29) is 17.5 Å². The maximum absolute atomic E-state index is 11.8. The number of nitrogens with one attached hydrogen (secondary N) is 1. The number of amides is 1. The van der Waals surface area contributed by atoms with Crippen LogP contribution < -0.4 is 5.32 Å². The van der Waals surface area contributed by atoms with E-state index >= 15 is 0 Å². The van der Waals surface area contributed by atoms with Crippen LogP contribution in [0.15, 0.2) is 12.3 Å². The third-order valence-electron chi connectivity index (χ3n) is 2.97. The first kappa shape index (κ1) is 15.0. The highest BCUT2D eigenvalue weighted by Crippen LogP contribution is 2.26. The molecule has 2 aromatic rings. The molecule has 0 bridgehead atoms. The van der Waals surface area contributed by atoms with Gasteiger partial charge in [-0.2, -0.15) is 9.78 Å². The number of carbonyl (C=O) groups excluding carboxylic acids is 1. The van der Waals surface area contributed by atoms with E-state index in [0.717, 1.165) is 5.69 Å². The zero-order valence-electron chi connectivity index (χ0n) is 11.4. The monoisotopic (exact) mass is 312 g/mol. The zero-order chi connectivity index (χ0) is 15.6. The summed E-state index contributed by atoms with van der Waals surface area (Å²) in [5, 5.41) is 21.1. The smallest absolute Gasteiger partial charge is 0.358 e. The Kier molecular flexibility index (Phi) is 4.22. The number of halogens is 1. The molecule has 0 saturated carbocycles. The fourth-order valence-electron chi connectivity index (χ4n) is 1.73. The molecule has 0 fully saturated rings. The van der Waals surface area contributed by atoms with Gasteiger partial charge in [0.15, 0.2) is 5.02 Å². The Morgan fingerprint density at radius 1 is 1.57 bits per heavy atom.